The lowest BCUT2D eigenvalue weighted by atomic mass is 10.0. The van der Waals surface area contributed by atoms with E-state index in [1.165, 1.54) is 16.9 Å². The number of rotatable bonds is 5. The molecule has 3 rings (SSSR count). The molecule has 2 heterocycles. The van der Waals surface area contributed by atoms with Crippen LogP contribution in [-0.2, 0) is 4.79 Å². The van der Waals surface area contributed by atoms with E-state index in [9.17, 15) is 4.79 Å². The Morgan fingerprint density at radius 1 is 1.46 bits per heavy atom. The summed E-state index contributed by atoms with van der Waals surface area (Å²) in [6.45, 7) is 1.70. The molecule has 1 aliphatic heterocycles. The molecular weight excluding hydrogens is 342 g/mol. The summed E-state index contributed by atoms with van der Waals surface area (Å²) in [6.07, 6.45) is 2.63. The van der Waals surface area contributed by atoms with Gasteiger partial charge in [-0.2, -0.15) is 5.26 Å². The number of halogens is 1. The molecule has 0 saturated carbocycles. The Hall–Kier alpha value is -1.87. The maximum absolute atomic E-state index is 12.2. The largest absolute Gasteiger partial charge is 0.317 e. The molecule has 1 fully saturated rings. The first kappa shape index (κ1) is 17.0. The number of nitrogens with one attached hydrogen (secondary N) is 1. The minimum absolute atomic E-state index is 0.0503. The summed E-state index contributed by atoms with van der Waals surface area (Å²) in [7, 11) is 0. The van der Waals surface area contributed by atoms with Crippen molar-refractivity contribution in [1.29, 1.82) is 5.26 Å². The first-order valence-corrected chi connectivity index (χ1v) is 9.20. The third-order valence-electron chi connectivity index (χ3n) is 4.26. The van der Waals surface area contributed by atoms with Crippen LogP contribution < -0.4 is 5.32 Å². The van der Waals surface area contributed by atoms with Gasteiger partial charge in [0.1, 0.15) is 11.1 Å². The number of hydrogen-bond donors (Lipinski definition) is 1. The number of carbonyl (C=O) groups is 1. The van der Waals surface area contributed by atoms with Crippen molar-refractivity contribution >= 4 is 33.8 Å². The zero-order valence-electron chi connectivity index (χ0n) is 13.2. The molecule has 1 amide bonds. The molecule has 2 aromatic rings. The molecule has 124 valence electrons. The van der Waals surface area contributed by atoms with E-state index in [2.05, 4.69) is 22.4 Å². The van der Waals surface area contributed by atoms with Gasteiger partial charge in [0.2, 0.25) is 5.91 Å². The molecule has 1 atom stereocenters. The summed E-state index contributed by atoms with van der Waals surface area (Å²) >= 11 is 7.48. The average molecular weight is 360 g/mol. The van der Waals surface area contributed by atoms with E-state index in [1.807, 2.05) is 23.6 Å². The molecule has 0 bridgehead atoms. The quantitative estimate of drug-likeness (QED) is 0.858. The van der Waals surface area contributed by atoms with E-state index in [1.54, 1.807) is 6.07 Å². The van der Waals surface area contributed by atoms with Crippen molar-refractivity contribution < 1.29 is 4.79 Å². The number of anilines is 1. The summed E-state index contributed by atoms with van der Waals surface area (Å²) < 4.78 is 0. The van der Waals surface area contributed by atoms with E-state index in [4.69, 9.17) is 16.9 Å². The maximum Gasteiger partial charge on any atom is 0.226 e. The number of hydrogen-bond acceptors (Lipinski definition) is 4. The maximum atomic E-state index is 12.2. The van der Waals surface area contributed by atoms with Gasteiger partial charge in [-0.25, -0.2) is 0 Å². The summed E-state index contributed by atoms with van der Waals surface area (Å²) in [4.78, 5) is 14.5. The molecule has 0 spiro atoms. The van der Waals surface area contributed by atoms with Crippen LogP contribution in [0.4, 0.5) is 5.00 Å². The van der Waals surface area contributed by atoms with Gasteiger partial charge in [0.05, 0.1) is 5.56 Å². The Morgan fingerprint density at radius 2 is 2.33 bits per heavy atom. The van der Waals surface area contributed by atoms with Crippen LogP contribution in [0.5, 0.6) is 0 Å². The molecule has 4 nitrogen and oxygen atoms in total. The topological polar surface area (TPSA) is 56.1 Å². The molecule has 1 unspecified atom stereocenters. The van der Waals surface area contributed by atoms with Gasteiger partial charge in [-0.15, -0.1) is 11.3 Å². The van der Waals surface area contributed by atoms with Gasteiger partial charge in [0.15, 0.2) is 0 Å². The molecule has 6 heteroatoms. The van der Waals surface area contributed by atoms with Crippen molar-refractivity contribution in [3.63, 3.8) is 0 Å². The fraction of sp³-hybridized carbons (Fsp3) is 0.333. The SMILES string of the molecule is N#Cc1ccsc1NC(=O)CCN1CCCC1c1cccc(Cl)c1. The zero-order valence-corrected chi connectivity index (χ0v) is 14.7. The van der Waals surface area contributed by atoms with Gasteiger partial charge in [0.25, 0.3) is 0 Å². The van der Waals surface area contributed by atoms with Crippen molar-refractivity contribution in [3.05, 3.63) is 51.9 Å². The normalized spacial score (nSPS) is 17.6. The van der Waals surface area contributed by atoms with Gasteiger partial charge in [-0.05, 0) is 48.5 Å². The van der Waals surface area contributed by atoms with Crippen LogP contribution in [0.2, 0.25) is 5.02 Å². The van der Waals surface area contributed by atoms with Gasteiger partial charge < -0.3 is 5.32 Å². The second kappa shape index (κ2) is 7.80. The molecule has 1 aliphatic rings. The van der Waals surface area contributed by atoms with Crippen molar-refractivity contribution in [1.82, 2.24) is 4.90 Å². The Labute approximate surface area is 150 Å². The molecule has 24 heavy (non-hydrogen) atoms. The lowest BCUT2D eigenvalue weighted by molar-refractivity contribution is -0.116. The lowest BCUT2D eigenvalue weighted by Crippen LogP contribution is -2.27. The van der Waals surface area contributed by atoms with Gasteiger partial charge in [-0.1, -0.05) is 23.7 Å². The molecule has 0 radical (unpaired) electrons. The number of benzene rings is 1. The molecule has 1 N–H and O–H groups in total. The van der Waals surface area contributed by atoms with Crippen LogP contribution in [0.15, 0.2) is 35.7 Å². The average Bonchev–Trinajstić information content (AvgIpc) is 3.21. The van der Waals surface area contributed by atoms with Crippen LogP contribution in [0.3, 0.4) is 0 Å². The highest BCUT2D eigenvalue weighted by atomic mass is 35.5. The van der Waals surface area contributed by atoms with E-state index in [0.29, 0.717) is 29.6 Å². The van der Waals surface area contributed by atoms with Crippen molar-refractivity contribution in [3.8, 4) is 6.07 Å². The molecule has 1 saturated heterocycles. The number of nitriles is 1. The van der Waals surface area contributed by atoms with E-state index >= 15 is 0 Å². The Bertz CT molecular complexity index is 768. The highest BCUT2D eigenvalue weighted by Gasteiger charge is 2.26. The van der Waals surface area contributed by atoms with Gasteiger partial charge in [-0.3, -0.25) is 9.69 Å². The zero-order chi connectivity index (χ0) is 16.9. The van der Waals surface area contributed by atoms with Crippen LogP contribution >= 0.6 is 22.9 Å². The van der Waals surface area contributed by atoms with Crippen molar-refractivity contribution in [2.75, 3.05) is 18.4 Å². The third kappa shape index (κ3) is 3.96. The summed E-state index contributed by atoms with van der Waals surface area (Å²) in [5, 5.41) is 15.0. The number of thiophene rings is 1. The summed E-state index contributed by atoms with van der Waals surface area (Å²) in [6, 6.07) is 12.1. The minimum atomic E-state index is -0.0503. The van der Waals surface area contributed by atoms with E-state index < -0.39 is 0 Å². The Balaban J connectivity index is 1.57. The first-order valence-electron chi connectivity index (χ1n) is 7.94. The van der Waals surface area contributed by atoms with E-state index in [-0.39, 0.29) is 5.91 Å². The number of likely N-dealkylation sites (tertiary alicyclic amines) is 1. The summed E-state index contributed by atoms with van der Waals surface area (Å²) in [5.41, 5.74) is 1.73. The van der Waals surface area contributed by atoms with Gasteiger partial charge >= 0.3 is 0 Å². The highest BCUT2D eigenvalue weighted by Crippen LogP contribution is 2.33. The van der Waals surface area contributed by atoms with Crippen molar-refractivity contribution in [2.45, 2.75) is 25.3 Å². The smallest absolute Gasteiger partial charge is 0.226 e. The standard InChI is InChI=1S/C18H18ClN3OS/c19-15-4-1-3-13(11-15)16-5-2-8-22(16)9-6-17(23)21-18-14(12-20)7-10-24-18/h1,3-4,7,10-11,16H,2,5-6,8-9H2,(H,21,23). The second-order valence-corrected chi connectivity index (χ2v) is 7.17. The lowest BCUT2D eigenvalue weighted by Gasteiger charge is -2.24. The Morgan fingerprint density at radius 3 is 3.12 bits per heavy atom. The number of amides is 1. The second-order valence-electron chi connectivity index (χ2n) is 5.82. The molecule has 0 aliphatic carbocycles. The molecule has 1 aromatic carbocycles. The highest BCUT2D eigenvalue weighted by molar-refractivity contribution is 7.14. The molecular formula is C18H18ClN3OS. The van der Waals surface area contributed by atoms with Crippen LogP contribution in [0, 0.1) is 11.3 Å². The summed E-state index contributed by atoms with van der Waals surface area (Å²) in [5.74, 6) is -0.0503. The fourth-order valence-corrected chi connectivity index (χ4v) is 4.07. The predicted molar refractivity (Wildman–Crippen MR) is 97.3 cm³/mol. The monoisotopic (exact) mass is 359 g/mol. The minimum Gasteiger partial charge on any atom is -0.317 e. The van der Waals surface area contributed by atoms with E-state index in [0.717, 1.165) is 24.4 Å². The van der Waals surface area contributed by atoms with Crippen molar-refractivity contribution in [2.24, 2.45) is 0 Å². The van der Waals surface area contributed by atoms with Crippen LogP contribution in [-0.4, -0.2) is 23.9 Å². The van der Waals surface area contributed by atoms with Crippen LogP contribution in [0.25, 0.3) is 0 Å². The molecule has 1 aromatic heterocycles. The predicted octanol–water partition coefficient (Wildman–Crippen LogP) is 4.44. The third-order valence-corrected chi connectivity index (χ3v) is 5.33. The van der Waals surface area contributed by atoms with Gasteiger partial charge in [0, 0.05) is 24.0 Å². The fourth-order valence-electron chi connectivity index (χ4n) is 3.11. The van der Waals surface area contributed by atoms with Crippen LogP contribution in [0.1, 0.15) is 36.4 Å². The number of nitrogens with zero attached hydrogens (tertiary/aromatic N) is 2. The first-order chi connectivity index (χ1) is 11.7. The Kier molecular flexibility index (Phi) is 5.52. The number of carbonyl (C=O) groups excluding carboxylic acids is 1.